The lowest BCUT2D eigenvalue weighted by Gasteiger charge is -2.18. The van der Waals surface area contributed by atoms with Crippen LogP contribution in [0.15, 0.2) is 73.4 Å². The number of unbranched alkanes of at least 4 members (excludes halogenated alkanes) is 1. The summed E-state index contributed by atoms with van der Waals surface area (Å²) in [6.45, 7) is -0.00284. The summed E-state index contributed by atoms with van der Waals surface area (Å²) in [6, 6.07) is 11.9. The molecule has 0 aromatic carbocycles. The number of rotatable bonds is 15. The molecule has 14 nitrogen and oxygen atoms in total. The van der Waals surface area contributed by atoms with Gasteiger partial charge in [-0.15, -0.1) is 0 Å². The van der Waals surface area contributed by atoms with E-state index in [1.165, 1.54) is 16.5 Å². The first-order valence-corrected chi connectivity index (χ1v) is 13.7. The highest BCUT2D eigenvalue weighted by atomic mass is 16.5. The van der Waals surface area contributed by atoms with Crippen LogP contribution < -0.4 is 16.0 Å². The van der Waals surface area contributed by atoms with Crippen LogP contribution in [0.5, 0.6) is 0 Å². The van der Waals surface area contributed by atoms with Gasteiger partial charge >= 0.3 is 5.97 Å². The lowest BCUT2D eigenvalue weighted by molar-refractivity contribution is -0.141. The van der Waals surface area contributed by atoms with Crippen molar-refractivity contribution in [3.05, 3.63) is 73.4 Å². The Hall–Kier alpha value is -5.40. The number of methoxy groups -OCH3 is 1. The molecule has 0 fully saturated rings. The molecule has 3 N–H and O–H groups in total. The van der Waals surface area contributed by atoms with Crippen LogP contribution in [0.1, 0.15) is 19.3 Å². The third-order valence-corrected chi connectivity index (χ3v) is 6.30. The molecule has 4 aromatic rings. The molecule has 1 atom stereocenters. The smallest absolute Gasteiger partial charge is 0.325 e. The first kappa shape index (κ1) is 30.6. The van der Waals surface area contributed by atoms with Crippen LogP contribution in [0.25, 0.3) is 22.6 Å². The molecule has 14 heteroatoms. The maximum Gasteiger partial charge on any atom is 0.325 e. The number of hydrogen-bond donors (Lipinski definition) is 3. The van der Waals surface area contributed by atoms with Crippen LogP contribution in [0, 0.1) is 0 Å². The van der Waals surface area contributed by atoms with Crippen LogP contribution in [0.3, 0.4) is 0 Å². The molecule has 0 aliphatic rings. The van der Waals surface area contributed by atoms with Crippen LogP contribution in [-0.2, 0) is 37.0 Å². The normalized spacial score (nSPS) is 11.4. The van der Waals surface area contributed by atoms with E-state index >= 15 is 0 Å². The zero-order valence-electron chi connectivity index (χ0n) is 23.7. The number of ether oxygens (including phenoxy) is 1. The number of carbonyl (C=O) groups excluding carboxylic acids is 4. The van der Waals surface area contributed by atoms with E-state index in [0.717, 1.165) is 11.3 Å². The van der Waals surface area contributed by atoms with Gasteiger partial charge in [0, 0.05) is 36.9 Å². The van der Waals surface area contributed by atoms with E-state index in [1.54, 1.807) is 43.1 Å². The van der Waals surface area contributed by atoms with Crippen molar-refractivity contribution in [1.82, 2.24) is 45.5 Å². The minimum absolute atomic E-state index is 0.0525. The summed E-state index contributed by atoms with van der Waals surface area (Å²) in [5.74, 6) is -1.75. The van der Waals surface area contributed by atoms with E-state index in [4.69, 9.17) is 0 Å². The fourth-order valence-electron chi connectivity index (χ4n) is 4.13. The number of aromatic nitrogens is 6. The van der Waals surface area contributed by atoms with E-state index in [9.17, 15) is 19.2 Å². The zero-order valence-corrected chi connectivity index (χ0v) is 23.7. The van der Waals surface area contributed by atoms with E-state index in [-0.39, 0.29) is 25.5 Å². The number of amides is 3. The molecule has 0 aliphatic heterocycles. The molecule has 0 radical (unpaired) electrons. The van der Waals surface area contributed by atoms with Gasteiger partial charge in [-0.2, -0.15) is 10.2 Å². The number of pyridine rings is 2. The number of hydrogen-bond acceptors (Lipinski definition) is 9. The molecule has 4 rings (SSSR count). The summed E-state index contributed by atoms with van der Waals surface area (Å²) in [5, 5.41) is 16.6. The van der Waals surface area contributed by atoms with Crippen molar-refractivity contribution < 1.29 is 23.9 Å². The summed E-state index contributed by atoms with van der Waals surface area (Å²) in [7, 11) is 1.22. The Balaban J connectivity index is 1.23. The highest BCUT2D eigenvalue weighted by Crippen LogP contribution is 2.15. The third kappa shape index (κ3) is 9.59. The summed E-state index contributed by atoms with van der Waals surface area (Å²) >= 11 is 0. The van der Waals surface area contributed by atoms with Gasteiger partial charge in [0.1, 0.15) is 31.4 Å². The number of nitrogens with one attached hydrogen (secondary N) is 3. The van der Waals surface area contributed by atoms with Crippen molar-refractivity contribution in [2.75, 3.05) is 20.2 Å². The predicted octanol–water partition coefficient (Wildman–Crippen LogP) is 0.964. The molecular weight excluding hydrogens is 554 g/mol. The Morgan fingerprint density at radius 2 is 1.60 bits per heavy atom. The zero-order chi connectivity index (χ0) is 30.4. The molecule has 224 valence electrons. The summed E-state index contributed by atoms with van der Waals surface area (Å²) < 4.78 is 7.57. The molecular formula is C29H33N9O5. The molecule has 0 spiro atoms. The molecule has 0 unspecified atom stereocenters. The van der Waals surface area contributed by atoms with Gasteiger partial charge in [0.2, 0.25) is 17.7 Å². The molecule has 0 aliphatic carbocycles. The van der Waals surface area contributed by atoms with Crippen molar-refractivity contribution in [2.45, 2.75) is 38.4 Å². The maximum absolute atomic E-state index is 12.8. The standard InChI is InChI=1S/C29H33N9O5/c1-43-28(41)17-33-29(42)25(35-27(40)20-37-15-11-24(36-37)23-9-3-6-13-31-23)10-4-7-14-32-26(39)19-38-18-21(16-34-38)22-8-2-5-12-30-22/h2-3,5-6,8-9,11-13,15-16,18,25H,4,7,10,14,17,19-20H2,1H3,(H,32,39)(H,33,42)(H,35,40)/t25-/m0/s1. The van der Waals surface area contributed by atoms with Crippen LogP contribution in [0.4, 0.5) is 0 Å². The number of esters is 1. The van der Waals surface area contributed by atoms with Crippen LogP contribution >= 0.6 is 0 Å². The third-order valence-electron chi connectivity index (χ3n) is 6.30. The van der Waals surface area contributed by atoms with E-state index in [1.807, 2.05) is 30.3 Å². The van der Waals surface area contributed by atoms with Crippen LogP contribution in [0.2, 0.25) is 0 Å². The first-order valence-electron chi connectivity index (χ1n) is 13.7. The van der Waals surface area contributed by atoms with Gasteiger partial charge < -0.3 is 20.7 Å². The summed E-state index contributed by atoms with van der Waals surface area (Å²) in [4.78, 5) is 58.0. The topological polar surface area (TPSA) is 175 Å². The Kier molecular flexibility index (Phi) is 11.1. The van der Waals surface area contributed by atoms with E-state index in [0.29, 0.717) is 37.2 Å². The average molecular weight is 588 g/mol. The Labute approximate surface area is 247 Å². The highest BCUT2D eigenvalue weighted by Gasteiger charge is 2.21. The lowest BCUT2D eigenvalue weighted by atomic mass is 10.1. The predicted molar refractivity (Wildman–Crippen MR) is 155 cm³/mol. The first-order chi connectivity index (χ1) is 20.9. The monoisotopic (exact) mass is 587 g/mol. The fraction of sp³-hybridized carbons (Fsp3) is 0.310. The second kappa shape index (κ2) is 15.6. The molecule has 0 bridgehead atoms. The Bertz CT molecular complexity index is 1500. The Morgan fingerprint density at radius 1 is 0.860 bits per heavy atom. The van der Waals surface area contributed by atoms with Crippen molar-refractivity contribution in [3.8, 4) is 22.6 Å². The second-order valence-electron chi connectivity index (χ2n) is 9.51. The van der Waals surface area contributed by atoms with E-state index in [2.05, 4.69) is 40.9 Å². The van der Waals surface area contributed by atoms with Crippen molar-refractivity contribution in [2.24, 2.45) is 0 Å². The van der Waals surface area contributed by atoms with Crippen LogP contribution in [-0.4, -0.2) is 79.5 Å². The fourth-order valence-corrected chi connectivity index (χ4v) is 4.13. The van der Waals surface area contributed by atoms with Gasteiger partial charge in [-0.05, 0) is 49.6 Å². The molecule has 3 amide bonds. The van der Waals surface area contributed by atoms with Gasteiger partial charge in [0.05, 0.1) is 24.7 Å². The van der Waals surface area contributed by atoms with Crippen molar-refractivity contribution in [3.63, 3.8) is 0 Å². The molecule has 0 saturated carbocycles. The maximum atomic E-state index is 12.8. The van der Waals surface area contributed by atoms with E-state index < -0.39 is 23.8 Å². The summed E-state index contributed by atoms with van der Waals surface area (Å²) in [6.07, 6.45) is 9.79. The van der Waals surface area contributed by atoms with Gasteiger partial charge in [-0.25, -0.2) is 0 Å². The number of nitrogens with zero attached hydrogens (tertiary/aromatic N) is 6. The van der Waals surface area contributed by atoms with Crippen molar-refractivity contribution in [1.29, 1.82) is 0 Å². The largest absolute Gasteiger partial charge is 0.468 e. The quantitative estimate of drug-likeness (QED) is 0.135. The molecule has 4 heterocycles. The summed E-state index contributed by atoms with van der Waals surface area (Å²) in [5.41, 5.74) is 2.87. The molecule has 4 aromatic heterocycles. The highest BCUT2D eigenvalue weighted by molar-refractivity contribution is 5.89. The second-order valence-corrected chi connectivity index (χ2v) is 9.51. The SMILES string of the molecule is COC(=O)CNC(=O)[C@H](CCCCNC(=O)Cn1cc(-c2ccccn2)cn1)NC(=O)Cn1ccc(-c2ccccn2)n1. The molecule has 43 heavy (non-hydrogen) atoms. The Morgan fingerprint density at radius 3 is 2.33 bits per heavy atom. The van der Waals surface area contributed by atoms with Gasteiger partial charge in [-0.3, -0.25) is 38.5 Å². The number of carbonyl (C=O) groups is 4. The van der Waals surface area contributed by atoms with Gasteiger partial charge in [0.15, 0.2) is 0 Å². The average Bonchev–Trinajstić information content (AvgIpc) is 3.69. The molecule has 0 saturated heterocycles. The minimum Gasteiger partial charge on any atom is -0.468 e. The van der Waals surface area contributed by atoms with Crippen molar-refractivity contribution >= 4 is 23.7 Å². The van der Waals surface area contributed by atoms with Gasteiger partial charge in [-0.1, -0.05) is 12.1 Å². The van der Waals surface area contributed by atoms with Gasteiger partial charge in [0.25, 0.3) is 0 Å². The lowest BCUT2D eigenvalue weighted by Crippen LogP contribution is -2.48. The minimum atomic E-state index is -0.896.